The fourth-order valence-electron chi connectivity index (χ4n) is 4.53. The molecule has 0 atom stereocenters. The second-order valence-electron chi connectivity index (χ2n) is 8.87. The first kappa shape index (κ1) is 31.4. The molecule has 0 saturated carbocycles. The molecule has 1 amide bonds. The van der Waals surface area contributed by atoms with Gasteiger partial charge in [-0.15, -0.1) is 11.6 Å². The molecule has 11 heteroatoms. The van der Waals surface area contributed by atoms with Gasteiger partial charge in [0.25, 0.3) is 11.5 Å². The average molecular weight is 580 g/mol. The molecule has 204 valence electrons. The smallest absolute Gasteiger partial charge is 0.271 e. The molecule has 8 nitrogen and oxygen atoms in total. The van der Waals surface area contributed by atoms with E-state index in [1.165, 1.54) is 6.38 Å². The van der Waals surface area contributed by atoms with Crippen LogP contribution in [-0.4, -0.2) is 73.5 Å². The normalized spacial score (nSPS) is 13.0. The summed E-state index contributed by atoms with van der Waals surface area (Å²) in [5.74, 6) is -0.120. The number of rotatable bonds is 6. The minimum Gasteiger partial charge on any atom is -0.366 e. The summed E-state index contributed by atoms with van der Waals surface area (Å²) in [6, 6.07) is 14.8. The van der Waals surface area contributed by atoms with E-state index in [1.807, 2.05) is 43.3 Å². The molecular weight excluding hydrogens is 547 g/mol. The van der Waals surface area contributed by atoms with E-state index in [1.54, 1.807) is 27.7 Å². The Bertz CT molecular complexity index is 1360. The van der Waals surface area contributed by atoms with Crippen LogP contribution in [0.15, 0.2) is 47.3 Å². The van der Waals surface area contributed by atoms with E-state index in [0.717, 1.165) is 23.9 Å². The number of carbonyl (C=O) groups excluding carboxylic acids is 1. The molecule has 0 unspecified atom stereocenters. The van der Waals surface area contributed by atoms with Crippen LogP contribution in [0.2, 0.25) is 10.0 Å². The summed E-state index contributed by atoms with van der Waals surface area (Å²) in [5, 5.41) is 11.6. The molecule has 1 aromatic heterocycles. The van der Waals surface area contributed by atoms with E-state index in [-0.39, 0.29) is 23.2 Å². The van der Waals surface area contributed by atoms with Gasteiger partial charge in [0, 0.05) is 50.1 Å². The summed E-state index contributed by atoms with van der Waals surface area (Å²) in [6.45, 7) is 3.33. The Morgan fingerprint density at radius 1 is 1.03 bits per heavy atom. The third-order valence-corrected chi connectivity index (χ3v) is 7.03. The molecule has 1 aliphatic rings. The summed E-state index contributed by atoms with van der Waals surface area (Å²) >= 11 is 16.7. The van der Waals surface area contributed by atoms with Crippen molar-refractivity contribution < 1.29 is 4.79 Å². The fourth-order valence-corrected chi connectivity index (χ4v) is 4.83. The highest BCUT2D eigenvalue weighted by Crippen LogP contribution is 2.30. The van der Waals surface area contributed by atoms with Crippen LogP contribution >= 0.6 is 34.8 Å². The molecule has 1 fully saturated rings. The highest BCUT2D eigenvalue weighted by Gasteiger charge is 2.27. The standard InChI is InChI=1S/C26H27Cl2N5O2.CH3Cl.H3N/c1-30(2)10-5-11-33-23-7-4-3-6-19(23)24(20(17-29)26(33)35)31-12-14-32(15-13-31)25(34)18-8-9-21(27)22(28)16-18;1-2;/h3-4,6-9,16H,5,10-15H2,1-2H3;1H3;1H3. The maximum atomic E-state index is 13.4. The van der Waals surface area contributed by atoms with Crippen LogP contribution in [0.4, 0.5) is 5.69 Å². The number of aryl methyl sites for hydroxylation is 1. The number of amides is 1. The number of anilines is 1. The zero-order valence-electron chi connectivity index (χ0n) is 21.9. The molecule has 2 aromatic carbocycles. The minimum absolute atomic E-state index is 0. The van der Waals surface area contributed by atoms with Crippen molar-refractivity contribution in [3.63, 3.8) is 0 Å². The summed E-state index contributed by atoms with van der Waals surface area (Å²) < 4.78 is 1.71. The number of benzene rings is 2. The second kappa shape index (κ2) is 14.4. The Morgan fingerprint density at radius 3 is 2.29 bits per heavy atom. The summed E-state index contributed by atoms with van der Waals surface area (Å²) in [5.41, 5.74) is 1.83. The van der Waals surface area contributed by atoms with Crippen molar-refractivity contribution in [1.82, 2.24) is 20.5 Å². The molecule has 3 N–H and O–H groups in total. The van der Waals surface area contributed by atoms with Crippen molar-refractivity contribution in [1.29, 1.82) is 5.26 Å². The number of pyridine rings is 1. The fraction of sp³-hybridized carbons (Fsp3) is 0.370. The number of piperazine rings is 1. The SMILES string of the molecule is CCl.CN(C)CCCn1c(=O)c(C#N)c(N2CCN(C(=O)c3ccc(Cl)c(Cl)c3)CC2)c2ccccc21.N. The number of carbonyl (C=O) groups is 1. The third-order valence-electron chi connectivity index (χ3n) is 6.29. The first-order valence-corrected chi connectivity index (χ1v) is 13.4. The van der Waals surface area contributed by atoms with Gasteiger partial charge < -0.3 is 25.4 Å². The van der Waals surface area contributed by atoms with Crippen molar-refractivity contribution in [3.05, 3.63) is 74.0 Å². The summed E-state index contributed by atoms with van der Waals surface area (Å²) in [4.78, 5) is 32.2. The molecule has 0 aliphatic carbocycles. The average Bonchev–Trinajstić information content (AvgIpc) is 2.91. The highest BCUT2D eigenvalue weighted by atomic mass is 35.5. The van der Waals surface area contributed by atoms with Crippen molar-refractivity contribution >= 4 is 57.3 Å². The number of fused-ring (bicyclic) bond motifs is 1. The molecule has 38 heavy (non-hydrogen) atoms. The van der Waals surface area contributed by atoms with Crippen molar-refractivity contribution in [2.24, 2.45) is 0 Å². The van der Waals surface area contributed by atoms with Crippen LogP contribution in [-0.2, 0) is 6.54 Å². The maximum Gasteiger partial charge on any atom is 0.271 e. The summed E-state index contributed by atoms with van der Waals surface area (Å²) in [6.07, 6.45) is 2.27. The van der Waals surface area contributed by atoms with E-state index in [2.05, 4.69) is 22.6 Å². The topological polar surface area (TPSA) is 108 Å². The Hall–Kier alpha value is -2.80. The number of para-hydroxylation sites is 1. The quantitative estimate of drug-likeness (QED) is 0.407. The molecule has 0 radical (unpaired) electrons. The van der Waals surface area contributed by atoms with Gasteiger partial charge in [0.2, 0.25) is 0 Å². The minimum atomic E-state index is -0.269. The zero-order valence-corrected chi connectivity index (χ0v) is 24.2. The Kier molecular flexibility index (Phi) is 11.9. The number of halogens is 3. The first-order chi connectivity index (χ1) is 17.8. The van der Waals surface area contributed by atoms with E-state index in [0.29, 0.717) is 54.0 Å². The zero-order chi connectivity index (χ0) is 27.1. The second-order valence-corrected chi connectivity index (χ2v) is 9.69. The van der Waals surface area contributed by atoms with Crippen molar-refractivity contribution in [2.45, 2.75) is 13.0 Å². The molecular formula is C27H33Cl3N6O2. The van der Waals surface area contributed by atoms with E-state index in [4.69, 9.17) is 23.2 Å². The molecule has 3 aromatic rings. The predicted octanol–water partition coefficient (Wildman–Crippen LogP) is 5.11. The molecule has 0 bridgehead atoms. The van der Waals surface area contributed by atoms with Crippen LogP contribution in [0, 0.1) is 11.3 Å². The van der Waals surface area contributed by atoms with Gasteiger partial charge in [-0.2, -0.15) is 5.26 Å². The number of nitriles is 1. The Labute approximate surface area is 238 Å². The van der Waals surface area contributed by atoms with Gasteiger partial charge in [-0.3, -0.25) is 9.59 Å². The van der Waals surface area contributed by atoms with Crippen LogP contribution < -0.4 is 16.6 Å². The van der Waals surface area contributed by atoms with Crippen LogP contribution in [0.1, 0.15) is 22.3 Å². The van der Waals surface area contributed by atoms with E-state index < -0.39 is 0 Å². The molecule has 1 saturated heterocycles. The maximum absolute atomic E-state index is 13.4. The van der Waals surface area contributed by atoms with Gasteiger partial charge in [-0.25, -0.2) is 0 Å². The predicted molar refractivity (Wildman–Crippen MR) is 157 cm³/mol. The number of nitrogens with zero attached hydrogens (tertiary/aromatic N) is 5. The lowest BCUT2D eigenvalue weighted by Gasteiger charge is -2.37. The number of hydrogen-bond acceptors (Lipinski definition) is 6. The number of aromatic nitrogens is 1. The number of hydrogen-bond donors (Lipinski definition) is 1. The van der Waals surface area contributed by atoms with Gasteiger partial charge in [0.05, 0.1) is 21.2 Å². The lowest BCUT2D eigenvalue weighted by molar-refractivity contribution is 0.0747. The monoisotopic (exact) mass is 578 g/mol. The highest BCUT2D eigenvalue weighted by molar-refractivity contribution is 6.42. The van der Waals surface area contributed by atoms with E-state index in [9.17, 15) is 14.9 Å². The van der Waals surface area contributed by atoms with E-state index >= 15 is 0 Å². The Morgan fingerprint density at radius 2 is 1.68 bits per heavy atom. The molecule has 0 spiro atoms. The lowest BCUT2D eigenvalue weighted by Crippen LogP contribution is -2.49. The largest absolute Gasteiger partial charge is 0.366 e. The summed E-state index contributed by atoms with van der Waals surface area (Å²) in [7, 11) is 3.99. The molecule has 1 aliphatic heterocycles. The van der Waals surface area contributed by atoms with Gasteiger partial charge in [0.15, 0.2) is 0 Å². The van der Waals surface area contributed by atoms with Crippen molar-refractivity contribution in [2.75, 3.05) is 58.1 Å². The van der Waals surface area contributed by atoms with Gasteiger partial charge in [-0.1, -0.05) is 41.4 Å². The van der Waals surface area contributed by atoms with Gasteiger partial charge >= 0.3 is 0 Å². The van der Waals surface area contributed by atoms with Crippen LogP contribution in [0.5, 0.6) is 0 Å². The van der Waals surface area contributed by atoms with Crippen molar-refractivity contribution in [3.8, 4) is 6.07 Å². The Balaban J connectivity index is 0.00000165. The first-order valence-electron chi connectivity index (χ1n) is 11.9. The number of alkyl halides is 1. The van der Waals surface area contributed by atoms with Gasteiger partial charge in [0.1, 0.15) is 11.6 Å². The third kappa shape index (κ3) is 6.79. The van der Waals surface area contributed by atoms with Gasteiger partial charge in [-0.05, 0) is 51.3 Å². The molecule has 4 rings (SSSR count). The molecule has 2 heterocycles. The lowest BCUT2D eigenvalue weighted by atomic mass is 10.1. The van der Waals surface area contributed by atoms with Crippen LogP contribution in [0.25, 0.3) is 10.9 Å². The van der Waals surface area contributed by atoms with Crippen LogP contribution in [0.3, 0.4) is 0 Å².